The van der Waals surface area contributed by atoms with Crippen LogP contribution in [0.4, 0.5) is 5.00 Å². The number of fused-ring (bicyclic) bond motifs is 1. The van der Waals surface area contributed by atoms with Gasteiger partial charge in [0.1, 0.15) is 16.2 Å². The first kappa shape index (κ1) is 21.8. The molecule has 0 aliphatic heterocycles. The first-order chi connectivity index (χ1) is 15.4. The lowest BCUT2D eigenvalue weighted by molar-refractivity contribution is -0.115. The predicted molar refractivity (Wildman–Crippen MR) is 127 cm³/mol. The Morgan fingerprint density at radius 2 is 1.88 bits per heavy atom. The van der Waals surface area contributed by atoms with Gasteiger partial charge in [0, 0.05) is 23.3 Å². The van der Waals surface area contributed by atoms with Crippen molar-refractivity contribution in [1.82, 2.24) is 9.38 Å². The Hall–Kier alpha value is -3.45. The van der Waals surface area contributed by atoms with E-state index in [2.05, 4.69) is 16.4 Å². The monoisotopic (exact) mass is 447 g/mol. The fourth-order valence-corrected chi connectivity index (χ4v) is 4.69. The van der Waals surface area contributed by atoms with Crippen LogP contribution >= 0.6 is 11.3 Å². The Morgan fingerprint density at radius 3 is 2.62 bits per heavy atom. The van der Waals surface area contributed by atoms with Gasteiger partial charge >= 0.3 is 5.97 Å². The molecular formula is C25H25N3O3S. The molecule has 0 fully saturated rings. The molecule has 4 aromatic rings. The van der Waals surface area contributed by atoms with Crippen molar-refractivity contribution in [3.05, 3.63) is 76.1 Å². The van der Waals surface area contributed by atoms with Gasteiger partial charge in [-0.15, -0.1) is 11.3 Å². The van der Waals surface area contributed by atoms with Crippen molar-refractivity contribution < 1.29 is 14.3 Å². The number of imidazole rings is 1. The highest BCUT2D eigenvalue weighted by Gasteiger charge is 2.24. The van der Waals surface area contributed by atoms with Gasteiger partial charge in [-0.25, -0.2) is 9.78 Å². The number of carbonyl (C=O) groups excluding carboxylic acids is 2. The molecule has 4 rings (SSSR count). The third-order valence-corrected chi connectivity index (χ3v) is 6.10. The van der Waals surface area contributed by atoms with Crippen molar-refractivity contribution in [2.45, 2.75) is 34.1 Å². The summed E-state index contributed by atoms with van der Waals surface area (Å²) >= 11 is 1.33. The molecule has 6 nitrogen and oxygen atoms in total. The quantitative estimate of drug-likeness (QED) is 0.405. The molecule has 0 atom stereocenters. The number of nitrogens with zero attached hydrogens (tertiary/aromatic N) is 2. The van der Waals surface area contributed by atoms with E-state index in [-0.39, 0.29) is 18.9 Å². The first-order valence-electron chi connectivity index (χ1n) is 10.5. The van der Waals surface area contributed by atoms with Crippen LogP contribution in [0.5, 0.6) is 0 Å². The second kappa shape index (κ2) is 8.96. The number of ether oxygens (including phenoxy) is 1. The van der Waals surface area contributed by atoms with Crippen LogP contribution in [0.15, 0.2) is 48.1 Å². The maximum absolute atomic E-state index is 12.8. The number of hydrogen-bond acceptors (Lipinski definition) is 5. The number of anilines is 1. The highest BCUT2D eigenvalue weighted by Crippen LogP contribution is 2.38. The average Bonchev–Trinajstić information content (AvgIpc) is 3.31. The molecule has 7 heteroatoms. The second-order valence-electron chi connectivity index (χ2n) is 7.82. The van der Waals surface area contributed by atoms with Crippen LogP contribution in [0.25, 0.3) is 16.8 Å². The Kier molecular flexibility index (Phi) is 6.10. The maximum atomic E-state index is 12.8. The van der Waals surface area contributed by atoms with Crippen LogP contribution in [0, 0.1) is 20.8 Å². The summed E-state index contributed by atoms with van der Waals surface area (Å²) in [6.45, 7) is 8.07. The molecule has 0 spiro atoms. The summed E-state index contributed by atoms with van der Waals surface area (Å²) in [6, 6.07) is 10.0. The van der Waals surface area contributed by atoms with Gasteiger partial charge in [-0.3, -0.25) is 4.79 Å². The summed E-state index contributed by atoms with van der Waals surface area (Å²) in [6.07, 6.45) is 3.88. The van der Waals surface area contributed by atoms with E-state index in [1.165, 1.54) is 11.3 Å². The van der Waals surface area contributed by atoms with Crippen LogP contribution in [-0.4, -0.2) is 27.9 Å². The number of benzene rings is 1. The van der Waals surface area contributed by atoms with Gasteiger partial charge < -0.3 is 14.5 Å². The molecule has 164 valence electrons. The van der Waals surface area contributed by atoms with Crippen molar-refractivity contribution in [3.63, 3.8) is 0 Å². The molecule has 1 N–H and O–H groups in total. The van der Waals surface area contributed by atoms with E-state index in [9.17, 15) is 9.59 Å². The Morgan fingerprint density at radius 1 is 1.09 bits per heavy atom. The van der Waals surface area contributed by atoms with Crippen LogP contribution in [0.2, 0.25) is 0 Å². The molecule has 0 aliphatic rings. The molecule has 0 bridgehead atoms. The lowest BCUT2D eigenvalue weighted by Gasteiger charge is -2.10. The summed E-state index contributed by atoms with van der Waals surface area (Å²) in [4.78, 5) is 30.1. The number of carbonyl (C=O) groups is 2. The molecular weight excluding hydrogens is 422 g/mol. The summed E-state index contributed by atoms with van der Waals surface area (Å²) in [5.74, 6) is -0.674. The first-order valence-corrected chi connectivity index (χ1v) is 11.3. The van der Waals surface area contributed by atoms with Gasteiger partial charge in [0.2, 0.25) is 5.91 Å². The molecule has 1 amide bonds. The van der Waals surface area contributed by atoms with Gasteiger partial charge in [-0.1, -0.05) is 23.8 Å². The van der Waals surface area contributed by atoms with Crippen molar-refractivity contribution in [1.29, 1.82) is 0 Å². The fraction of sp³-hybridized carbons (Fsp3) is 0.240. The zero-order valence-electron chi connectivity index (χ0n) is 18.6. The van der Waals surface area contributed by atoms with Crippen molar-refractivity contribution in [3.8, 4) is 11.1 Å². The van der Waals surface area contributed by atoms with E-state index in [4.69, 9.17) is 4.74 Å². The number of aromatic nitrogens is 2. The third-order valence-electron chi connectivity index (χ3n) is 5.20. The molecule has 0 aliphatic carbocycles. The van der Waals surface area contributed by atoms with Crippen LogP contribution in [0.1, 0.15) is 39.7 Å². The number of hydrogen-bond donors (Lipinski definition) is 1. The maximum Gasteiger partial charge on any atom is 0.341 e. The summed E-state index contributed by atoms with van der Waals surface area (Å²) in [7, 11) is 0. The van der Waals surface area contributed by atoms with E-state index in [0.29, 0.717) is 16.3 Å². The minimum absolute atomic E-state index is 0.111. The van der Waals surface area contributed by atoms with Crippen LogP contribution in [0.3, 0.4) is 0 Å². The summed E-state index contributed by atoms with van der Waals surface area (Å²) < 4.78 is 7.20. The topological polar surface area (TPSA) is 72.7 Å². The molecule has 1 aromatic carbocycles. The fourth-order valence-electron chi connectivity index (χ4n) is 3.73. The van der Waals surface area contributed by atoms with E-state index in [1.54, 1.807) is 6.92 Å². The number of nitrogens with one attached hydrogen (secondary N) is 1. The number of thiophene rings is 1. The van der Waals surface area contributed by atoms with E-state index >= 15 is 0 Å². The largest absolute Gasteiger partial charge is 0.462 e. The molecule has 0 saturated carbocycles. The zero-order valence-corrected chi connectivity index (χ0v) is 19.4. The molecule has 3 heterocycles. The molecule has 32 heavy (non-hydrogen) atoms. The SMILES string of the molecule is CCOC(=O)c1c(-c2ccc(C)cc2C)csc1NC(=O)Cc1cn2ccc(C)cc2n1. The Labute approximate surface area is 190 Å². The minimum Gasteiger partial charge on any atom is -0.462 e. The normalized spacial score (nSPS) is 11.0. The summed E-state index contributed by atoms with van der Waals surface area (Å²) in [5, 5.41) is 5.29. The standard InChI is InChI=1S/C25H25N3O3S/c1-5-31-25(30)23-20(19-7-6-15(2)10-17(19)4)14-32-24(23)27-22(29)12-18-13-28-9-8-16(3)11-21(28)26-18/h6-11,13-14H,5,12H2,1-4H3,(H,27,29). The van der Waals surface area contributed by atoms with E-state index in [0.717, 1.165) is 33.5 Å². The highest BCUT2D eigenvalue weighted by molar-refractivity contribution is 7.15. The average molecular weight is 448 g/mol. The smallest absolute Gasteiger partial charge is 0.341 e. The van der Waals surface area contributed by atoms with Crippen LogP contribution < -0.4 is 5.32 Å². The van der Waals surface area contributed by atoms with Gasteiger partial charge in [-0.05, 0) is 56.5 Å². The molecule has 0 radical (unpaired) electrons. The van der Waals surface area contributed by atoms with Crippen molar-refractivity contribution >= 4 is 33.9 Å². The Bertz CT molecular complexity index is 1320. The van der Waals surface area contributed by atoms with Crippen molar-refractivity contribution in [2.75, 3.05) is 11.9 Å². The molecule has 3 aromatic heterocycles. The van der Waals surface area contributed by atoms with Gasteiger partial charge in [-0.2, -0.15) is 0 Å². The number of amides is 1. The highest BCUT2D eigenvalue weighted by atomic mass is 32.1. The summed E-state index contributed by atoms with van der Waals surface area (Å²) in [5.41, 5.74) is 6.89. The van der Waals surface area contributed by atoms with E-state index < -0.39 is 5.97 Å². The third kappa shape index (κ3) is 4.43. The molecule has 0 saturated heterocycles. The molecule has 0 unspecified atom stereocenters. The van der Waals surface area contributed by atoms with Crippen molar-refractivity contribution in [2.24, 2.45) is 0 Å². The number of pyridine rings is 1. The van der Waals surface area contributed by atoms with Gasteiger partial charge in [0.05, 0.1) is 18.7 Å². The lowest BCUT2D eigenvalue weighted by Crippen LogP contribution is -2.16. The predicted octanol–water partition coefficient (Wildman–Crippen LogP) is 5.35. The minimum atomic E-state index is -0.442. The second-order valence-corrected chi connectivity index (χ2v) is 8.70. The van der Waals surface area contributed by atoms with Gasteiger partial charge in [0.15, 0.2) is 0 Å². The number of aryl methyl sites for hydroxylation is 3. The van der Waals surface area contributed by atoms with E-state index in [1.807, 2.05) is 67.2 Å². The van der Waals surface area contributed by atoms with Gasteiger partial charge in [0.25, 0.3) is 0 Å². The van der Waals surface area contributed by atoms with Crippen LogP contribution in [-0.2, 0) is 16.0 Å². The lowest BCUT2D eigenvalue weighted by atomic mass is 9.97. The zero-order chi connectivity index (χ0) is 22.8. The number of rotatable bonds is 6. The Balaban J connectivity index is 1.62. The number of esters is 1.